The summed E-state index contributed by atoms with van der Waals surface area (Å²) in [5, 5.41) is 9.91. The number of hydrogen-bond donors (Lipinski definition) is 1. The van der Waals surface area contributed by atoms with E-state index in [0.29, 0.717) is 5.41 Å². The van der Waals surface area contributed by atoms with Gasteiger partial charge in [0.15, 0.2) is 0 Å². The normalized spacial score (nSPS) is 39.3. The molecule has 4 atom stereocenters. The second kappa shape index (κ2) is 6.35. The zero-order valence-corrected chi connectivity index (χ0v) is 14.6. The highest BCUT2D eigenvalue weighted by molar-refractivity contribution is 5.36. The highest BCUT2D eigenvalue weighted by Crippen LogP contribution is 2.57. The van der Waals surface area contributed by atoms with E-state index in [4.69, 9.17) is 0 Å². The zero-order chi connectivity index (χ0) is 15.7. The molecular formula is C21H32O. The maximum absolute atomic E-state index is 9.91. The van der Waals surface area contributed by atoms with E-state index in [-0.39, 0.29) is 6.10 Å². The van der Waals surface area contributed by atoms with Crippen LogP contribution in [-0.2, 0) is 0 Å². The first-order valence-electron chi connectivity index (χ1n) is 9.29. The molecule has 1 fully saturated rings. The maximum Gasteiger partial charge on any atom is 0.0583 e. The first-order valence-corrected chi connectivity index (χ1v) is 9.29. The van der Waals surface area contributed by atoms with E-state index in [1.54, 1.807) is 5.57 Å². The van der Waals surface area contributed by atoms with Crippen molar-refractivity contribution in [2.45, 2.75) is 78.2 Å². The van der Waals surface area contributed by atoms with Gasteiger partial charge in [0.05, 0.1) is 6.10 Å². The molecule has 0 unspecified atom stereocenters. The summed E-state index contributed by atoms with van der Waals surface area (Å²) in [4.78, 5) is 0. The minimum absolute atomic E-state index is 0.134. The Kier molecular flexibility index (Phi) is 4.64. The van der Waals surface area contributed by atoms with Gasteiger partial charge >= 0.3 is 0 Å². The molecule has 0 radical (unpaired) electrons. The van der Waals surface area contributed by atoms with Gasteiger partial charge in [-0.2, -0.15) is 0 Å². The molecule has 0 aromatic carbocycles. The smallest absolute Gasteiger partial charge is 0.0583 e. The molecule has 1 saturated carbocycles. The second-order valence-corrected chi connectivity index (χ2v) is 8.02. The summed E-state index contributed by atoms with van der Waals surface area (Å²) in [6.45, 7) is 7.13. The summed E-state index contributed by atoms with van der Waals surface area (Å²) >= 11 is 0. The van der Waals surface area contributed by atoms with Crippen molar-refractivity contribution in [1.29, 1.82) is 0 Å². The van der Waals surface area contributed by atoms with Crippen molar-refractivity contribution < 1.29 is 5.11 Å². The van der Waals surface area contributed by atoms with Crippen molar-refractivity contribution in [3.05, 3.63) is 34.9 Å². The fourth-order valence-electron chi connectivity index (χ4n) is 5.27. The van der Waals surface area contributed by atoms with Crippen LogP contribution in [0.25, 0.3) is 0 Å². The van der Waals surface area contributed by atoms with Crippen molar-refractivity contribution >= 4 is 0 Å². The Hall–Kier alpha value is -0.820. The van der Waals surface area contributed by atoms with Gasteiger partial charge in [-0.05, 0) is 80.3 Å². The molecule has 3 aliphatic rings. The molecule has 22 heavy (non-hydrogen) atoms. The molecular weight excluding hydrogens is 268 g/mol. The van der Waals surface area contributed by atoms with Crippen LogP contribution in [0.3, 0.4) is 0 Å². The van der Waals surface area contributed by atoms with Gasteiger partial charge < -0.3 is 5.11 Å². The van der Waals surface area contributed by atoms with Crippen LogP contribution in [0.4, 0.5) is 0 Å². The van der Waals surface area contributed by atoms with Gasteiger partial charge in [0.1, 0.15) is 0 Å². The summed E-state index contributed by atoms with van der Waals surface area (Å²) < 4.78 is 0. The van der Waals surface area contributed by atoms with E-state index in [2.05, 4.69) is 39.0 Å². The molecule has 0 aromatic rings. The number of fused-ring (bicyclic) bond motifs is 1. The van der Waals surface area contributed by atoms with Crippen LogP contribution in [0, 0.1) is 17.3 Å². The first kappa shape index (κ1) is 16.1. The lowest BCUT2D eigenvalue weighted by Gasteiger charge is -2.40. The molecule has 1 heteroatoms. The summed E-state index contributed by atoms with van der Waals surface area (Å²) in [5.41, 5.74) is 4.94. The zero-order valence-electron chi connectivity index (χ0n) is 14.6. The summed E-state index contributed by atoms with van der Waals surface area (Å²) in [6, 6.07) is 0. The molecule has 0 bridgehead atoms. The van der Waals surface area contributed by atoms with E-state index in [1.165, 1.54) is 43.3 Å². The second-order valence-electron chi connectivity index (χ2n) is 8.02. The van der Waals surface area contributed by atoms with Gasteiger partial charge in [-0.15, -0.1) is 0 Å². The average Bonchev–Trinajstić information content (AvgIpc) is 2.85. The molecule has 0 aliphatic heterocycles. The van der Waals surface area contributed by atoms with Gasteiger partial charge in [0.2, 0.25) is 0 Å². The predicted molar refractivity (Wildman–Crippen MR) is 93.6 cm³/mol. The molecule has 0 spiro atoms. The van der Waals surface area contributed by atoms with Gasteiger partial charge in [-0.1, -0.05) is 44.1 Å². The van der Waals surface area contributed by atoms with Crippen molar-refractivity contribution in [3.63, 3.8) is 0 Å². The van der Waals surface area contributed by atoms with Crippen molar-refractivity contribution in [3.8, 4) is 0 Å². The Morgan fingerprint density at radius 1 is 1.27 bits per heavy atom. The van der Waals surface area contributed by atoms with E-state index >= 15 is 0 Å². The molecule has 3 aliphatic carbocycles. The molecule has 0 saturated heterocycles. The Bertz CT molecular complexity index is 510. The Morgan fingerprint density at radius 3 is 2.86 bits per heavy atom. The van der Waals surface area contributed by atoms with Gasteiger partial charge in [-0.25, -0.2) is 0 Å². The van der Waals surface area contributed by atoms with Crippen LogP contribution in [0.2, 0.25) is 0 Å². The minimum Gasteiger partial charge on any atom is -0.393 e. The fourth-order valence-corrected chi connectivity index (χ4v) is 5.27. The lowest BCUT2D eigenvalue weighted by molar-refractivity contribution is 0.153. The lowest BCUT2D eigenvalue weighted by atomic mass is 9.64. The monoisotopic (exact) mass is 300 g/mol. The number of rotatable bonds is 3. The van der Waals surface area contributed by atoms with E-state index < -0.39 is 0 Å². The Morgan fingerprint density at radius 2 is 2.09 bits per heavy atom. The number of aliphatic hydroxyl groups is 1. The molecule has 0 amide bonds. The van der Waals surface area contributed by atoms with Crippen LogP contribution in [0.15, 0.2) is 34.9 Å². The summed E-state index contributed by atoms with van der Waals surface area (Å²) in [5.74, 6) is 1.67. The van der Waals surface area contributed by atoms with Crippen molar-refractivity contribution in [2.75, 3.05) is 0 Å². The quantitative estimate of drug-likeness (QED) is 0.722. The molecule has 122 valence electrons. The molecule has 0 aromatic heterocycles. The highest BCUT2D eigenvalue weighted by Gasteiger charge is 2.47. The fraction of sp³-hybridized carbons (Fsp3) is 0.714. The SMILES string of the molecule is CC[C@H]1CC[C@H]2C(/C=C/C3=C(C)CC[C@@H](O)C3)=CCC[C@]12C. The third-order valence-corrected chi connectivity index (χ3v) is 6.82. The molecule has 1 N–H and O–H groups in total. The number of aliphatic hydroxyl groups excluding tert-OH is 1. The Labute approximate surface area is 136 Å². The minimum atomic E-state index is -0.134. The third-order valence-electron chi connectivity index (χ3n) is 6.82. The predicted octanol–water partition coefficient (Wildman–Crippen LogP) is 5.57. The van der Waals surface area contributed by atoms with Gasteiger partial charge in [-0.3, -0.25) is 0 Å². The van der Waals surface area contributed by atoms with Gasteiger partial charge in [0.25, 0.3) is 0 Å². The third kappa shape index (κ3) is 2.85. The van der Waals surface area contributed by atoms with Crippen LogP contribution in [-0.4, -0.2) is 11.2 Å². The van der Waals surface area contributed by atoms with Crippen LogP contribution in [0.1, 0.15) is 72.1 Å². The topological polar surface area (TPSA) is 20.2 Å². The Balaban J connectivity index is 1.78. The molecule has 1 nitrogen and oxygen atoms in total. The van der Waals surface area contributed by atoms with Crippen LogP contribution >= 0.6 is 0 Å². The van der Waals surface area contributed by atoms with Crippen LogP contribution in [0.5, 0.6) is 0 Å². The van der Waals surface area contributed by atoms with Crippen LogP contribution < -0.4 is 0 Å². The number of hydrogen-bond acceptors (Lipinski definition) is 1. The first-order chi connectivity index (χ1) is 10.5. The molecule has 3 rings (SSSR count). The summed E-state index contributed by atoms with van der Waals surface area (Å²) in [7, 11) is 0. The number of allylic oxidation sites excluding steroid dienone is 5. The van der Waals surface area contributed by atoms with Gasteiger partial charge in [0, 0.05) is 0 Å². The standard InChI is InChI=1S/C21H32O/c1-4-18-10-12-20-16(6-5-13-21(18,20)3)8-9-17-14-19(22)11-7-15(17)2/h6,8-9,18-20,22H,4-5,7,10-14H2,1-3H3/b9-8+/t18-,19+,20-,21+/m0/s1. The highest BCUT2D eigenvalue weighted by atomic mass is 16.3. The largest absolute Gasteiger partial charge is 0.393 e. The molecule has 0 heterocycles. The summed E-state index contributed by atoms with van der Waals surface area (Å²) in [6.07, 6.45) is 16.6. The van der Waals surface area contributed by atoms with E-state index in [9.17, 15) is 5.11 Å². The van der Waals surface area contributed by atoms with E-state index in [1.807, 2.05) is 0 Å². The average molecular weight is 300 g/mol. The van der Waals surface area contributed by atoms with Crippen molar-refractivity contribution in [2.24, 2.45) is 17.3 Å². The lowest BCUT2D eigenvalue weighted by Crippen LogP contribution is -2.31. The van der Waals surface area contributed by atoms with E-state index in [0.717, 1.165) is 31.1 Å². The maximum atomic E-state index is 9.91. The van der Waals surface area contributed by atoms with Crippen molar-refractivity contribution in [1.82, 2.24) is 0 Å².